The van der Waals surface area contributed by atoms with Crippen LogP contribution >= 0.6 is 11.3 Å². The lowest BCUT2D eigenvalue weighted by molar-refractivity contribution is 1.15. The predicted molar refractivity (Wildman–Crippen MR) is 64.8 cm³/mol. The van der Waals surface area contributed by atoms with Gasteiger partial charge in [-0.1, -0.05) is 38.2 Å². The summed E-state index contributed by atoms with van der Waals surface area (Å²) in [5.74, 6) is 0. The van der Waals surface area contributed by atoms with Gasteiger partial charge in [-0.3, -0.25) is 0 Å². The first-order valence-corrected chi connectivity index (χ1v) is 5.76. The number of nitrogen functional groups attached to an aromatic ring is 1. The number of hydrogen-bond donors (Lipinski definition) is 1. The third-order valence-corrected chi connectivity index (χ3v) is 2.72. The van der Waals surface area contributed by atoms with Gasteiger partial charge in [-0.2, -0.15) is 0 Å². The lowest BCUT2D eigenvalue weighted by atomic mass is 10.2. The van der Waals surface area contributed by atoms with Gasteiger partial charge in [0.05, 0.1) is 10.2 Å². The molecular weight excluding hydrogens is 192 g/mol. The van der Waals surface area contributed by atoms with Gasteiger partial charge in [-0.05, 0) is 24.1 Å². The Kier molecular flexibility index (Phi) is 3.89. The van der Waals surface area contributed by atoms with Crippen LogP contribution in [0.2, 0.25) is 0 Å². The SMILES string of the molecule is CC.CCc1ccc2nc(N)sc2c1. The minimum absolute atomic E-state index is 0.651. The first-order valence-electron chi connectivity index (χ1n) is 4.94. The molecular formula is C11H16N2S. The number of benzene rings is 1. The van der Waals surface area contributed by atoms with Crippen LogP contribution in [0, 0.1) is 0 Å². The molecule has 0 aliphatic rings. The molecule has 0 aliphatic heterocycles. The van der Waals surface area contributed by atoms with Gasteiger partial charge in [-0.15, -0.1) is 0 Å². The van der Waals surface area contributed by atoms with Crippen molar-refractivity contribution in [2.75, 3.05) is 5.73 Å². The molecule has 2 N–H and O–H groups in total. The Balaban J connectivity index is 0.000000461. The number of anilines is 1. The summed E-state index contributed by atoms with van der Waals surface area (Å²) in [6.45, 7) is 6.14. The fraction of sp³-hybridized carbons (Fsp3) is 0.364. The third-order valence-electron chi connectivity index (χ3n) is 1.88. The summed E-state index contributed by atoms with van der Waals surface area (Å²) < 4.78 is 1.19. The maximum absolute atomic E-state index is 5.59. The molecule has 1 aromatic carbocycles. The molecule has 0 unspecified atom stereocenters. The van der Waals surface area contributed by atoms with Gasteiger partial charge >= 0.3 is 0 Å². The van der Waals surface area contributed by atoms with Crippen molar-refractivity contribution in [2.45, 2.75) is 27.2 Å². The third kappa shape index (κ3) is 2.23. The van der Waals surface area contributed by atoms with E-state index in [1.54, 1.807) is 11.3 Å². The van der Waals surface area contributed by atoms with Gasteiger partial charge in [0.1, 0.15) is 0 Å². The van der Waals surface area contributed by atoms with Crippen LogP contribution in [0.5, 0.6) is 0 Å². The smallest absolute Gasteiger partial charge is 0.181 e. The van der Waals surface area contributed by atoms with Gasteiger partial charge in [0.25, 0.3) is 0 Å². The Labute approximate surface area is 88.8 Å². The fourth-order valence-corrected chi connectivity index (χ4v) is 2.00. The number of thiazole rings is 1. The first kappa shape index (κ1) is 11.0. The van der Waals surface area contributed by atoms with E-state index >= 15 is 0 Å². The highest BCUT2D eigenvalue weighted by Gasteiger charge is 2.00. The number of nitrogens with two attached hydrogens (primary N) is 1. The number of hydrogen-bond acceptors (Lipinski definition) is 3. The second-order valence-electron chi connectivity index (χ2n) is 2.71. The van der Waals surface area contributed by atoms with E-state index in [0.29, 0.717) is 5.13 Å². The minimum Gasteiger partial charge on any atom is -0.375 e. The number of rotatable bonds is 1. The highest BCUT2D eigenvalue weighted by Crippen LogP contribution is 2.24. The molecule has 2 nitrogen and oxygen atoms in total. The van der Waals surface area contributed by atoms with Crippen LogP contribution in [0.25, 0.3) is 10.2 Å². The Hall–Kier alpha value is -1.09. The molecule has 0 atom stereocenters. The van der Waals surface area contributed by atoms with Gasteiger partial charge in [0, 0.05) is 0 Å². The lowest BCUT2D eigenvalue weighted by Crippen LogP contribution is -1.79. The Bertz CT molecular complexity index is 407. The van der Waals surface area contributed by atoms with Gasteiger partial charge in [0.2, 0.25) is 0 Å². The molecule has 0 bridgehead atoms. The van der Waals surface area contributed by atoms with Crippen LogP contribution in [-0.4, -0.2) is 4.98 Å². The minimum atomic E-state index is 0.651. The Morgan fingerprint density at radius 2 is 2.07 bits per heavy atom. The van der Waals surface area contributed by atoms with Crippen LogP contribution in [0.1, 0.15) is 26.3 Å². The lowest BCUT2D eigenvalue weighted by Gasteiger charge is -1.93. The summed E-state index contributed by atoms with van der Waals surface area (Å²) in [5, 5.41) is 0.651. The van der Waals surface area contributed by atoms with Gasteiger partial charge < -0.3 is 5.73 Å². The standard InChI is InChI=1S/C9H10N2S.C2H6/c1-2-6-3-4-7-8(5-6)12-9(10)11-7;1-2/h3-5H,2H2,1H3,(H2,10,11);1-2H3. The van der Waals surface area contributed by atoms with Crippen molar-refractivity contribution in [3.05, 3.63) is 23.8 Å². The summed E-state index contributed by atoms with van der Waals surface area (Å²) in [6.07, 6.45) is 1.06. The summed E-state index contributed by atoms with van der Waals surface area (Å²) in [6, 6.07) is 6.28. The molecule has 0 saturated carbocycles. The average Bonchev–Trinajstić information content (AvgIpc) is 2.59. The van der Waals surface area contributed by atoms with Crippen molar-refractivity contribution in [1.82, 2.24) is 4.98 Å². The quantitative estimate of drug-likeness (QED) is 0.779. The largest absolute Gasteiger partial charge is 0.375 e. The second-order valence-corrected chi connectivity index (χ2v) is 3.77. The van der Waals surface area contributed by atoms with E-state index in [2.05, 4.69) is 24.0 Å². The van der Waals surface area contributed by atoms with Crippen molar-refractivity contribution in [3.63, 3.8) is 0 Å². The molecule has 0 aliphatic carbocycles. The van der Waals surface area contributed by atoms with Crippen molar-refractivity contribution >= 4 is 26.7 Å². The molecule has 2 rings (SSSR count). The van der Waals surface area contributed by atoms with E-state index in [1.165, 1.54) is 10.3 Å². The van der Waals surface area contributed by atoms with E-state index in [-0.39, 0.29) is 0 Å². The van der Waals surface area contributed by atoms with E-state index in [0.717, 1.165) is 11.9 Å². The van der Waals surface area contributed by atoms with Crippen molar-refractivity contribution in [2.24, 2.45) is 0 Å². The maximum atomic E-state index is 5.59. The molecule has 0 spiro atoms. The molecule has 0 saturated heterocycles. The molecule has 2 aromatic rings. The molecule has 76 valence electrons. The molecule has 1 aromatic heterocycles. The van der Waals surface area contributed by atoms with Crippen molar-refractivity contribution < 1.29 is 0 Å². The molecule has 1 heterocycles. The predicted octanol–water partition coefficient (Wildman–Crippen LogP) is 3.47. The van der Waals surface area contributed by atoms with E-state index < -0.39 is 0 Å². The summed E-state index contributed by atoms with van der Waals surface area (Å²) in [4.78, 5) is 4.18. The van der Waals surface area contributed by atoms with E-state index in [9.17, 15) is 0 Å². The Morgan fingerprint density at radius 1 is 1.36 bits per heavy atom. The van der Waals surface area contributed by atoms with Gasteiger partial charge in [-0.25, -0.2) is 4.98 Å². The van der Waals surface area contributed by atoms with E-state index in [1.807, 2.05) is 19.9 Å². The summed E-state index contributed by atoms with van der Waals surface area (Å²) in [5.41, 5.74) is 7.94. The average molecular weight is 208 g/mol. The van der Waals surface area contributed by atoms with Crippen LogP contribution in [0.3, 0.4) is 0 Å². The van der Waals surface area contributed by atoms with Crippen LogP contribution in [-0.2, 0) is 6.42 Å². The Morgan fingerprint density at radius 3 is 2.71 bits per heavy atom. The number of nitrogens with zero attached hydrogens (tertiary/aromatic N) is 1. The second kappa shape index (κ2) is 4.96. The molecule has 3 heteroatoms. The summed E-state index contributed by atoms with van der Waals surface area (Å²) in [7, 11) is 0. The number of fused-ring (bicyclic) bond motifs is 1. The highest BCUT2D eigenvalue weighted by molar-refractivity contribution is 7.22. The van der Waals surface area contributed by atoms with Crippen LogP contribution in [0.4, 0.5) is 5.13 Å². The normalized spacial score (nSPS) is 9.64. The molecule has 14 heavy (non-hydrogen) atoms. The maximum Gasteiger partial charge on any atom is 0.181 e. The number of aryl methyl sites for hydroxylation is 1. The van der Waals surface area contributed by atoms with E-state index in [4.69, 9.17) is 5.73 Å². The highest BCUT2D eigenvalue weighted by atomic mass is 32.1. The molecule has 0 fully saturated rings. The van der Waals surface area contributed by atoms with Crippen LogP contribution in [0.15, 0.2) is 18.2 Å². The van der Waals surface area contributed by atoms with Crippen LogP contribution < -0.4 is 5.73 Å². The van der Waals surface area contributed by atoms with Gasteiger partial charge in [0.15, 0.2) is 5.13 Å². The fourth-order valence-electron chi connectivity index (χ4n) is 1.21. The first-order chi connectivity index (χ1) is 6.79. The topological polar surface area (TPSA) is 38.9 Å². The number of aromatic nitrogens is 1. The van der Waals surface area contributed by atoms with Crippen molar-refractivity contribution in [1.29, 1.82) is 0 Å². The zero-order valence-electron chi connectivity index (χ0n) is 8.87. The molecule has 0 amide bonds. The zero-order valence-corrected chi connectivity index (χ0v) is 9.69. The zero-order chi connectivity index (χ0) is 10.6. The molecule has 0 radical (unpaired) electrons. The summed E-state index contributed by atoms with van der Waals surface area (Å²) >= 11 is 1.55. The van der Waals surface area contributed by atoms with Crippen molar-refractivity contribution in [3.8, 4) is 0 Å². The monoisotopic (exact) mass is 208 g/mol.